The Morgan fingerprint density at radius 1 is 0.477 bits per heavy atom. The van der Waals surface area contributed by atoms with E-state index in [0.29, 0.717) is 103 Å². The molecule has 0 N–H and O–H groups in total. The third-order valence-electron chi connectivity index (χ3n) is 13.7. The number of benzene rings is 3. The Morgan fingerprint density at radius 2 is 0.791 bits per heavy atom. The lowest BCUT2D eigenvalue weighted by Gasteiger charge is -2.26. The van der Waals surface area contributed by atoms with Gasteiger partial charge >= 0.3 is 59.7 Å². The van der Waals surface area contributed by atoms with Gasteiger partial charge in [0.1, 0.15) is 49.4 Å². The maximum atomic E-state index is 13.7. The molecular formula is C62H64N2O20S2. The van der Waals surface area contributed by atoms with Crippen molar-refractivity contribution in [3.05, 3.63) is 118 Å². The smallest absolute Gasteiger partial charge is 0.330 e. The summed E-state index contributed by atoms with van der Waals surface area (Å²) in [6.45, 7) is 13.8. The van der Waals surface area contributed by atoms with Gasteiger partial charge < -0.3 is 47.4 Å². The number of nitriles is 1. The molecule has 0 saturated heterocycles. The van der Waals surface area contributed by atoms with E-state index in [1.54, 1.807) is 48.5 Å². The zero-order valence-electron chi connectivity index (χ0n) is 47.1. The Kier molecular flexibility index (Phi) is 26.9. The summed E-state index contributed by atoms with van der Waals surface area (Å²) >= 11 is 2.13. The fourth-order valence-corrected chi connectivity index (χ4v) is 11.5. The standard InChI is InChI=1S/C62H64N2O20S2/c1-4-50(65)77-34-36-79-54(69)30-28-52(67)75-32-6-8-39-10-22-45(23-11-39)81-58(71)41-14-18-43(19-15-41)60(73)83-48-26-27-49(57-56(48)85-62(86-57)47(38-63)64-3)84-61(74)44-20-16-42(17-21-44)59(72)82-46-24-12-40(13-25-46)9-7-33-76-53(68)29-31-55(70)80-37-35-78-51(66)5-2/h4-5,10-13,22-27,41-44H,1-2,6-9,14-21,28-37H2. The number of esters is 10. The van der Waals surface area contributed by atoms with Crippen LogP contribution in [0.1, 0.15) is 101 Å². The topological polar surface area (TPSA) is 291 Å². The molecule has 1 heterocycles. The van der Waals surface area contributed by atoms with Crippen LogP contribution in [0.5, 0.6) is 23.0 Å². The highest BCUT2D eigenvalue weighted by Gasteiger charge is 2.37. The van der Waals surface area contributed by atoms with E-state index in [1.165, 1.54) is 12.1 Å². The van der Waals surface area contributed by atoms with Gasteiger partial charge in [-0.1, -0.05) is 60.9 Å². The van der Waals surface area contributed by atoms with Gasteiger partial charge in [-0.25, -0.2) is 19.7 Å². The lowest BCUT2D eigenvalue weighted by molar-refractivity contribution is -0.152. The number of carbonyl (C=O) groups is 10. The highest BCUT2D eigenvalue weighted by atomic mass is 32.2. The van der Waals surface area contributed by atoms with Gasteiger partial charge in [-0.15, -0.1) is 0 Å². The molecule has 2 fully saturated rings. The minimum atomic E-state index is -0.637. The monoisotopic (exact) mass is 1220 g/mol. The molecule has 2 aliphatic carbocycles. The molecule has 454 valence electrons. The summed E-state index contributed by atoms with van der Waals surface area (Å²) in [6, 6.07) is 18.8. The van der Waals surface area contributed by atoms with Crippen LogP contribution < -0.4 is 18.9 Å². The molecule has 0 unspecified atom stereocenters. The van der Waals surface area contributed by atoms with Gasteiger partial charge in [0.25, 0.3) is 5.70 Å². The second kappa shape index (κ2) is 34.9. The normalized spacial score (nSPS) is 16.6. The minimum Gasteiger partial charge on any atom is -0.466 e. The van der Waals surface area contributed by atoms with Gasteiger partial charge in [0.05, 0.1) is 89.2 Å². The Hall–Kier alpha value is -8.74. The van der Waals surface area contributed by atoms with Crippen LogP contribution in [-0.4, -0.2) is 99.3 Å². The molecule has 0 amide bonds. The molecule has 22 nitrogen and oxygen atoms in total. The first-order valence-corrected chi connectivity index (χ1v) is 29.5. The first-order valence-electron chi connectivity index (χ1n) is 27.9. The van der Waals surface area contributed by atoms with Gasteiger partial charge in [0.15, 0.2) is 0 Å². The number of fused-ring (bicyclic) bond motifs is 1. The van der Waals surface area contributed by atoms with E-state index in [4.69, 9.17) is 53.9 Å². The molecular weight excluding hydrogens is 1160 g/mol. The van der Waals surface area contributed by atoms with Crippen LogP contribution in [0.4, 0.5) is 0 Å². The maximum Gasteiger partial charge on any atom is 0.330 e. The minimum absolute atomic E-state index is 0.122. The van der Waals surface area contributed by atoms with E-state index in [1.807, 2.05) is 6.07 Å². The average molecular weight is 1220 g/mol. The van der Waals surface area contributed by atoms with Crippen molar-refractivity contribution in [1.82, 2.24) is 0 Å². The van der Waals surface area contributed by atoms with Crippen LogP contribution in [0.2, 0.25) is 0 Å². The molecule has 3 aliphatic rings. The number of ether oxygens (including phenoxy) is 10. The predicted molar refractivity (Wildman–Crippen MR) is 305 cm³/mol. The molecule has 24 heteroatoms. The second-order valence-electron chi connectivity index (χ2n) is 19.7. The fraction of sp³-hybridized carbons (Fsp3) is 0.419. The van der Waals surface area contributed by atoms with Crippen LogP contribution in [0.25, 0.3) is 4.85 Å². The van der Waals surface area contributed by atoms with Crippen molar-refractivity contribution in [2.45, 2.75) is 113 Å². The lowest BCUT2D eigenvalue weighted by atomic mass is 9.82. The molecule has 0 spiro atoms. The maximum absolute atomic E-state index is 13.7. The van der Waals surface area contributed by atoms with Crippen LogP contribution in [0.15, 0.2) is 106 Å². The second-order valence-corrected chi connectivity index (χ2v) is 22.0. The van der Waals surface area contributed by atoms with Crippen LogP contribution in [0, 0.1) is 41.6 Å². The van der Waals surface area contributed by atoms with E-state index in [0.717, 1.165) is 46.8 Å². The summed E-state index contributed by atoms with van der Waals surface area (Å²) in [5.74, 6) is -6.46. The van der Waals surface area contributed by atoms with Gasteiger partial charge in [0.2, 0.25) is 0 Å². The summed E-state index contributed by atoms with van der Waals surface area (Å²) in [5.41, 5.74) is 1.65. The largest absolute Gasteiger partial charge is 0.466 e. The van der Waals surface area contributed by atoms with Crippen molar-refractivity contribution >= 4 is 83.2 Å². The highest BCUT2D eigenvalue weighted by molar-refractivity contribution is 8.24. The molecule has 3 aromatic carbocycles. The van der Waals surface area contributed by atoms with Crippen molar-refractivity contribution in [1.29, 1.82) is 5.26 Å². The van der Waals surface area contributed by atoms with Crippen molar-refractivity contribution in [2.24, 2.45) is 23.7 Å². The third kappa shape index (κ3) is 21.7. The Bertz CT molecular complexity index is 2890. The predicted octanol–water partition coefficient (Wildman–Crippen LogP) is 9.19. The Morgan fingerprint density at radius 3 is 1.10 bits per heavy atom. The zero-order chi connectivity index (χ0) is 61.8. The van der Waals surface area contributed by atoms with Crippen molar-refractivity contribution in [3.8, 4) is 29.1 Å². The van der Waals surface area contributed by atoms with E-state index in [9.17, 15) is 53.2 Å². The number of aryl methyl sites for hydroxylation is 2. The molecule has 0 atom stereocenters. The average Bonchev–Trinajstić information content (AvgIpc) is 2.26. The summed E-state index contributed by atoms with van der Waals surface area (Å²) < 4.78 is 53.2. The number of carbonyl (C=O) groups excluding carboxylic acids is 10. The number of thioether (sulfide) groups is 2. The Labute approximate surface area is 505 Å². The molecule has 0 bridgehead atoms. The zero-order valence-corrected chi connectivity index (χ0v) is 48.7. The molecule has 0 aromatic heterocycles. The van der Waals surface area contributed by atoms with Crippen LogP contribution in [0.3, 0.4) is 0 Å². The quantitative estimate of drug-likeness (QED) is 0.0114. The van der Waals surface area contributed by atoms with E-state index >= 15 is 0 Å². The lowest BCUT2D eigenvalue weighted by Crippen LogP contribution is -2.30. The van der Waals surface area contributed by atoms with Crippen molar-refractivity contribution in [3.63, 3.8) is 0 Å². The molecule has 3 aromatic rings. The molecule has 6 rings (SSSR count). The SMILES string of the molecule is [C-]#[N+]C(C#N)=C1Sc2c(OC(=O)C3CCC(C(=O)Oc4ccc(CCCOC(=O)CCC(=O)OCCOC(=O)C=C)cc4)CC3)ccc(OC(=O)C3CCC(C(=O)Oc4ccc(CCCOC(=O)CCC(=O)OCCOC(=O)C=C)cc4)CC3)c2S1. The summed E-state index contributed by atoms with van der Waals surface area (Å²) in [5, 5.41) is 9.71. The van der Waals surface area contributed by atoms with Crippen molar-refractivity contribution < 1.29 is 95.3 Å². The number of nitrogens with zero attached hydrogens (tertiary/aromatic N) is 2. The number of hydrogen-bond donors (Lipinski definition) is 0. The Balaban J connectivity index is 0.886. The number of allylic oxidation sites excluding steroid dienone is 1. The number of rotatable bonds is 30. The van der Waals surface area contributed by atoms with Gasteiger partial charge in [-0.05, 0) is 125 Å². The van der Waals surface area contributed by atoms with Gasteiger partial charge in [-0.2, -0.15) is 0 Å². The highest BCUT2D eigenvalue weighted by Crippen LogP contribution is 2.59. The van der Waals surface area contributed by atoms with E-state index in [-0.39, 0.29) is 82.5 Å². The fourth-order valence-electron chi connectivity index (χ4n) is 8.99. The van der Waals surface area contributed by atoms with E-state index in [2.05, 4.69) is 18.0 Å². The number of hydrogen-bond acceptors (Lipinski definition) is 23. The van der Waals surface area contributed by atoms with E-state index < -0.39 is 83.4 Å². The summed E-state index contributed by atoms with van der Waals surface area (Å²) in [6.07, 6.45) is 6.39. The van der Waals surface area contributed by atoms with Crippen LogP contribution in [-0.2, 0) is 89.2 Å². The molecule has 1 aliphatic heterocycles. The van der Waals surface area contributed by atoms with Gasteiger partial charge in [-0.3, -0.25) is 38.4 Å². The molecule has 86 heavy (non-hydrogen) atoms. The molecule has 0 radical (unpaired) electrons. The van der Waals surface area contributed by atoms with Crippen LogP contribution >= 0.6 is 23.5 Å². The third-order valence-corrected chi connectivity index (χ3v) is 16.3. The summed E-state index contributed by atoms with van der Waals surface area (Å²) in [4.78, 5) is 128. The van der Waals surface area contributed by atoms with Crippen molar-refractivity contribution in [2.75, 3.05) is 39.6 Å². The first-order chi connectivity index (χ1) is 41.5. The first kappa shape index (κ1) is 66.4. The van der Waals surface area contributed by atoms with Gasteiger partial charge in [0, 0.05) is 12.2 Å². The summed E-state index contributed by atoms with van der Waals surface area (Å²) in [7, 11) is 0. The molecule has 2 saturated carbocycles.